The molecule has 0 N–H and O–H groups in total. The molecular weight excluding hydrogens is 306 g/mol. The quantitative estimate of drug-likeness (QED) is 0.417. The van der Waals surface area contributed by atoms with Gasteiger partial charge in [-0.2, -0.15) is 0 Å². The van der Waals surface area contributed by atoms with Crippen LogP contribution in [0.25, 0.3) is 0 Å². The van der Waals surface area contributed by atoms with E-state index >= 15 is 0 Å². The highest BCUT2D eigenvalue weighted by Crippen LogP contribution is 2.28. The number of hydrogen-bond acceptors (Lipinski definition) is 5. The lowest BCUT2D eigenvalue weighted by atomic mass is 10.2. The molecule has 8 heteroatoms. The molecule has 0 fully saturated rings. The molecule has 0 amide bonds. The normalized spacial score (nSPS) is 11.3. The van der Waals surface area contributed by atoms with Crippen molar-refractivity contribution >= 4 is 27.1 Å². The van der Waals surface area contributed by atoms with Crippen LogP contribution in [0.4, 0.5) is 5.69 Å². The number of nitro benzene ring substituents is 1. The van der Waals surface area contributed by atoms with Gasteiger partial charge in [0.15, 0.2) is 15.6 Å². The lowest BCUT2D eigenvalue weighted by Crippen LogP contribution is -2.17. The zero-order chi connectivity index (χ0) is 15.2. The molecule has 0 saturated carbocycles. The summed E-state index contributed by atoms with van der Waals surface area (Å²) in [5.74, 6) is 0.158. The van der Waals surface area contributed by atoms with Crippen molar-refractivity contribution in [2.75, 3.05) is 18.1 Å². The molecule has 0 spiro atoms. The summed E-state index contributed by atoms with van der Waals surface area (Å²) in [6.45, 7) is 1.65. The second-order valence-electron chi connectivity index (χ2n) is 4.19. The zero-order valence-corrected chi connectivity index (χ0v) is 12.6. The predicted octanol–water partition coefficient (Wildman–Crippen LogP) is 2.54. The molecule has 0 bridgehead atoms. The Morgan fingerprint density at radius 1 is 1.35 bits per heavy atom. The SMILES string of the molecule is CCCS(=O)(=O)CCOc1cc(CCl)ccc1[N+](=O)[O-]. The van der Waals surface area contributed by atoms with Crippen molar-refractivity contribution in [3.05, 3.63) is 33.9 Å². The third-order valence-corrected chi connectivity index (χ3v) is 4.67. The van der Waals surface area contributed by atoms with Crippen LogP contribution < -0.4 is 4.74 Å². The van der Waals surface area contributed by atoms with Crippen LogP contribution in [0.1, 0.15) is 18.9 Å². The number of ether oxygens (including phenoxy) is 1. The van der Waals surface area contributed by atoms with Crippen LogP contribution in [0.2, 0.25) is 0 Å². The minimum Gasteiger partial charge on any atom is -0.486 e. The zero-order valence-electron chi connectivity index (χ0n) is 11.0. The van der Waals surface area contributed by atoms with Crippen molar-refractivity contribution in [3.63, 3.8) is 0 Å². The maximum Gasteiger partial charge on any atom is 0.310 e. The van der Waals surface area contributed by atoms with Gasteiger partial charge in [0.25, 0.3) is 0 Å². The lowest BCUT2D eigenvalue weighted by Gasteiger charge is -2.08. The average Bonchev–Trinajstić information content (AvgIpc) is 2.37. The highest BCUT2D eigenvalue weighted by Gasteiger charge is 2.17. The van der Waals surface area contributed by atoms with Gasteiger partial charge in [0.2, 0.25) is 0 Å². The van der Waals surface area contributed by atoms with Gasteiger partial charge in [-0.1, -0.05) is 13.0 Å². The Hall–Kier alpha value is -1.34. The molecule has 1 aromatic carbocycles. The number of halogens is 1. The molecule has 6 nitrogen and oxygen atoms in total. The van der Waals surface area contributed by atoms with E-state index in [1.165, 1.54) is 18.2 Å². The molecular formula is C12H16ClNO5S. The number of alkyl halides is 1. The fourth-order valence-electron chi connectivity index (χ4n) is 1.60. The Balaban J connectivity index is 2.78. The van der Waals surface area contributed by atoms with E-state index in [1.807, 2.05) is 0 Å². The Labute approximate surface area is 122 Å². The van der Waals surface area contributed by atoms with Crippen molar-refractivity contribution in [1.82, 2.24) is 0 Å². The molecule has 0 aromatic heterocycles. The molecule has 112 valence electrons. The van der Waals surface area contributed by atoms with E-state index < -0.39 is 14.8 Å². The van der Waals surface area contributed by atoms with Gasteiger partial charge in [-0.15, -0.1) is 11.6 Å². The molecule has 0 radical (unpaired) electrons. The fourth-order valence-corrected chi connectivity index (χ4v) is 2.93. The van der Waals surface area contributed by atoms with Gasteiger partial charge in [-0.05, 0) is 18.1 Å². The molecule has 0 aliphatic rings. The first-order valence-electron chi connectivity index (χ1n) is 6.06. The van der Waals surface area contributed by atoms with Gasteiger partial charge in [0.05, 0.1) is 16.4 Å². The summed E-state index contributed by atoms with van der Waals surface area (Å²) in [4.78, 5) is 10.3. The Bertz CT molecular complexity index is 573. The van der Waals surface area contributed by atoms with Crippen LogP contribution in [0, 0.1) is 10.1 Å². The van der Waals surface area contributed by atoms with E-state index in [-0.39, 0.29) is 35.4 Å². The summed E-state index contributed by atoms with van der Waals surface area (Å²) in [5, 5.41) is 10.9. The summed E-state index contributed by atoms with van der Waals surface area (Å²) in [5.41, 5.74) is 0.468. The average molecular weight is 322 g/mol. The molecule has 0 heterocycles. The monoisotopic (exact) mass is 321 g/mol. The number of hydrogen-bond donors (Lipinski definition) is 0. The first-order chi connectivity index (χ1) is 9.39. The predicted molar refractivity (Wildman–Crippen MR) is 77.1 cm³/mol. The molecule has 1 aromatic rings. The van der Waals surface area contributed by atoms with Crippen molar-refractivity contribution in [1.29, 1.82) is 0 Å². The molecule has 0 saturated heterocycles. The maximum atomic E-state index is 11.5. The standard InChI is InChI=1S/C12H16ClNO5S/c1-2-6-20(17,18)7-5-19-12-8-10(9-13)3-4-11(12)14(15)16/h3-4,8H,2,5-7,9H2,1H3. The summed E-state index contributed by atoms with van der Waals surface area (Å²) in [6.07, 6.45) is 0.532. The van der Waals surface area contributed by atoms with Crippen LogP contribution in [0.3, 0.4) is 0 Å². The first-order valence-corrected chi connectivity index (χ1v) is 8.41. The Kier molecular flexibility index (Phi) is 6.22. The summed E-state index contributed by atoms with van der Waals surface area (Å²) < 4.78 is 28.3. The van der Waals surface area contributed by atoms with E-state index in [1.54, 1.807) is 6.92 Å². The number of benzene rings is 1. The smallest absolute Gasteiger partial charge is 0.310 e. The fraction of sp³-hybridized carbons (Fsp3) is 0.500. The third kappa shape index (κ3) is 4.97. The number of sulfone groups is 1. The van der Waals surface area contributed by atoms with Gasteiger partial charge < -0.3 is 4.74 Å². The minimum atomic E-state index is -3.17. The van der Waals surface area contributed by atoms with E-state index in [2.05, 4.69) is 0 Å². The molecule has 0 unspecified atom stereocenters. The highest BCUT2D eigenvalue weighted by molar-refractivity contribution is 7.91. The van der Waals surface area contributed by atoms with Gasteiger partial charge in [0, 0.05) is 11.9 Å². The molecule has 20 heavy (non-hydrogen) atoms. The maximum absolute atomic E-state index is 11.5. The topological polar surface area (TPSA) is 86.5 Å². The number of rotatable bonds is 8. The van der Waals surface area contributed by atoms with Crippen LogP contribution in [-0.2, 0) is 15.7 Å². The van der Waals surface area contributed by atoms with Crippen molar-refractivity contribution < 1.29 is 18.1 Å². The van der Waals surface area contributed by atoms with Crippen molar-refractivity contribution in [3.8, 4) is 5.75 Å². The second-order valence-corrected chi connectivity index (χ2v) is 6.76. The third-order valence-electron chi connectivity index (χ3n) is 2.54. The van der Waals surface area contributed by atoms with Crippen LogP contribution in [-0.4, -0.2) is 31.5 Å². The van der Waals surface area contributed by atoms with Gasteiger partial charge in [-0.3, -0.25) is 10.1 Å². The van der Waals surface area contributed by atoms with Gasteiger partial charge in [-0.25, -0.2) is 8.42 Å². The molecule has 1 rings (SSSR count). The Morgan fingerprint density at radius 2 is 2.05 bits per heavy atom. The Morgan fingerprint density at radius 3 is 2.60 bits per heavy atom. The van der Waals surface area contributed by atoms with Crippen LogP contribution in [0.5, 0.6) is 5.75 Å². The van der Waals surface area contributed by atoms with Crippen LogP contribution in [0.15, 0.2) is 18.2 Å². The minimum absolute atomic E-state index is 0.0415. The second kappa shape index (κ2) is 7.44. The van der Waals surface area contributed by atoms with E-state index in [0.29, 0.717) is 12.0 Å². The van der Waals surface area contributed by atoms with Gasteiger partial charge in [0.1, 0.15) is 6.61 Å². The molecule has 0 aliphatic carbocycles. The van der Waals surface area contributed by atoms with Gasteiger partial charge >= 0.3 is 5.69 Å². The van der Waals surface area contributed by atoms with E-state index in [4.69, 9.17) is 16.3 Å². The van der Waals surface area contributed by atoms with Crippen molar-refractivity contribution in [2.45, 2.75) is 19.2 Å². The molecule has 0 atom stereocenters. The number of nitro groups is 1. The summed E-state index contributed by atoms with van der Waals surface area (Å²) >= 11 is 5.66. The summed E-state index contributed by atoms with van der Waals surface area (Å²) in [7, 11) is -3.17. The van der Waals surface area contributed by atoms with Crippen LogP contribution >= 0.6 is 11.6 Å². The lowest BCUT2D eigenvalue weighted by molar-refractivity contribution is -0.385. The van der Waals surface area contributed by atoms with E-state index in [0.717, 1.165) is 0 Å². The number of nitrogens with zero attached hydrogens (tertiary/aromatic N) is 1. The highest BCUT2D eigenvalue weighted by atomic mass is 35.5. The molecule has 0 aliphatic heterocycles. The largest absolute Gasteiger partial charge is 0.486 e. The van der Waals surface area contributed by atoms with Crippen molar-refractivity contribution in [2.24, 2.45) is 0 Å². The van der Waals surface area contributed by atoms with E-state index in [9.17, 15) is 18.5 Å². The summed E-state index contributed by atoms with van der Waals surface area (Å²) in [6, 6.07) is 4.29. The first kappa shape index (κ1) is 16.7.